The van der Waals surface area contributed by atoms with Crippen LogP contribution >= 0.6 is 0 Å². The summed E-state index contributed by atoms with van der Waals surface area (Å²) >= 11 is 0. The normalized spacial score (nSPS) is 10.5. The predicted octanol–water partition coefficient (Wildman–Crippen LogP) is 4.67. The first kappa shape index (κ1) is 15.8. The van der Waals surface area contributed by atoms with E-state index in [1.54, 1.807) is 54.9 Å². The highest BCUT2D eigenvalue weighted by Crippen LogP contribution is 2.22. The number of nitrogens with zero attached hydrogens (tertiary/aromatic N) is 2. The fraction of sp³-hybridized carbons (Fsp3) is 0. The molecule has 0 aliphatic carbocycles. The van der Waals surface area contributed by atoms with Gasteiger partial charge in [-0.15, -0.1) is 0 Å². The van der Waals surface area contributed by atoms with Crippen LogP contribution in [0, 0.1) is 0 Å². The van der Waals surface area contributed by atoms with Crippen LogP contribution in [0.1, 0.15) is 10.5 Å². The lowest BCUT2D eigenvalue weighted by Gasteiger charge is -2.08. The van der Waals surface area contributed by atoms with Gasteiger partial charge in [-0.2, -0.15) is 0 Å². The highest BCUT2D eigenvalue weighted by atomic mass is 16.5. The third-order valence-corrected chi connectivity index (χ3v) is 3.83. The summed E-state index contributed by atoms with van der Waals surface area (Å²) in [5, 5.41) is 3.85. The van der Waals surface area contributed by atoms with Crippen LogP contribution in [0.25, 0.3) is 10.9 Å². The number of pyridine rings is 2. The molecular formula is C21H15N3O2. The van der Waals surface area contributed by atoms with Gasteiger partial charge in [-0.3, -0.25) is 9.78 Å². The molecule has 5 nitrogen and oxygen atoms in total. The number of amides is 1. The first-order chi connectivity index (χ1) is 12.8. The Morgan fingerprint density at radius 1 is 0.808 bits per heavy atom. The molecule has 0 fully saturated rings. The summed E-state index contributed by atoms with van der Waals surface area (Å²) in [6.07, 6.45) is 3.33. The molecule has 26 heavy (non-hydrogen) atoms. The maximum Gasteiger partial charge on any atom is 0.274 e. The molecule has 126 valence electrons. The Balaban J connectivity index is 1.46. The van der Waals surface area contributed by atoms with Crippen LogP contribution in [-0.4, -0.2) is 15.9 Å². The van der Waals surface area contributed by atoms with Gasteiger partial charge >= 0.3 is 0 Å². The monoisotopic (exact) mass is 341 g/mol. The average molecular weight is 341 g/mol. The van der Waals surface area contributed by atoms with Gasteiger partial charge in [-0.1, -0.05) is 24.3 Å². The minimum absolute atomic E-state index is 0.251. The van der Waals surface area contributed by atoms with E-state index in [4.69, 9.17) is 4.74 Å². The number of carbonyl (C=O) groups is 1. The van der Waals surface area contributed by atoms with Crippen molar-refractivity contribution in [2.75, 3.05) is 5.32 Å². The Bertz CT molecular complexity index is 1050. The van der Waals surface area contributed by atoms with Crippen LogP contribution in [0.15, 0.2) is 85.2 Å². The second-order valence-corrected chi connectivity index (χ2v) is 5.65. The molecule has 0 saturated carbocycles. The van der Waals surface area contributed by atoms with Crippen molar-refractivity contribution in [1.29, 1.82) is 0 Å². The molecule has 5 heteroatoms. The molecule has 2 aromatic carbocycles. The molecule has 1 amide bonds. The van der Waals surface area contributed by atoms with Gasteiger partial charge in [-0.25, -0.2) is 4.98 Å². The van der Waals surface area contributed by atoms with Crippen LogP contribution < -0.4 is 10.1 Å². The maximum atomic E-state index is 12.4. The molecule has 4 aromatic rings. The molecule has 0 spiro atoms. The van der Waals surface area contributed by atoms with E-state index in [2.05, 4.69) is 15.3 Å². The van der Waals surface area contributed by atoms with E-state index in [0.29, 0.717) is 22.9 Å². The van der Waals surface area contributed by atoms with Crippen LogP contribution in [0.5, 0.6) is 11.5 Å². The van der Waals surface area contributed by atoms with E-state index < -0.39 is 0 Å². The standard InChI is InChI=1S/C21H15N3O2/c25-21(20-10-5-15-3-1-2-4-19(15)24-20)23-16-6-8-17(9-7-16)26-18-11-13-22-14-12-18/h1-14H,(H,23,25). The molecule has 0 unspecified atom stereocenters. The van der Waals surface area contributed by atoms with Crippen molar-refractivity contribution >= 4 is 22.5 Å². The van der Waals surface area contributed by atoms with Gasteiger partial charge in [0.2, 0.25) is 0 Å². The molecular weight excluding hydrogens is 326 g/mol. The average Bonchev–Trinajstić information content (AvgIpc) is 2.70. The lowest BCUT2D eigenvalue weighted by atomic mass is 10.2. The quantitative estimate of drug-likeness (QED) is 0.586. The van der Waals surface area contributed by atoms with Crippen molar-refractivity contribution < 1.29 is 9.53 Å². The fourth-order valence-electron chi connectivity index (χ4n) is 2.54. The van der Waals surface area contributed by atoms with Crippen LogP contribution in [0.2, 0.25) is 0 Å². The van der Waals surface area contributed by atoms with E-state index in [-0.39, 0.29) is 5.91 Å². The molecule has 4 rings (SSSR count). The number of anilines is 1. The highest BCUT2D eigenvalue weighted by Gasteiger charge is 2.09. The van der Waals surface area contributed by atoms with Gasteiger partial charge in [0.15, 0.2) is 0 Å². The third kappa shape index (κ3) is 3.52. The summed E-state index contributed by atoms with van der Waals surface area (Å²) in [6.45, 7) is 0. The van der Waals surface area contributed by atoms with E-state index in [0.717, 1.165) is 10.9 Å². The van der Waals surface area contributed by atoms with Gasteiger partial charge in [0.1, 0.15) is 17.2 Å². The van der Waals surface area contributed by atoms with Gasteiger partial charge in [0.05, 0.1) is 5.52 Å². The van der Waals surface area contributed by atoms with Crippen molar-refractivity contribution in [3.8, 4) is 11.5 Å². The number of aromatic nitrogens is 2. The number of ether oxygens (including phenoxy) is 1. The number of hydrogen-bond donors (Lipinski definition) is 1. The summed E-state index contributed by atoms with van der Waals surface area (Å²) in [5.41, 5.74) is 1.84. The Hall–Kier alpha value is -3.73. The van der Waals surface area contributed by atoms with E-state index >= 15 is 0 Å². The third-order valence-electron chi connectivity index (χ3n) is 3.83. The molecule has 0 saturated heterocycles. The number of hydrogen-bond acceptors (Lipinski definition) is 4. The lowest BCUT2D eigenvalue weighted by Crippen LogP contribution is -2.13. The van der Waals surface area contributed by atoms with Gasteiger partial charge in [-0.05, 0) is 48.5 Å². The Labute approximate surface area is 150 Å². The number of para-hydroxylation sites is 1. The lowest BCUT2D eigenvalue weighted by molar-refractivity contribution is 0.102. The summed E-state index contributed by atoms with van der Waals surface area (Å²) < 4.78 is 5.71. The minimum Gasteiger partial charge on any atom is -0.457 e. The van der Waals surface area contributed by atoms with Crippen molar-refractivity contribution in [3.63, 3.8) is 0 Å². The minimum atomic E-state index is -0.251. The summed E-state index contributed by atoms with van der Waals surface area (Å²) in [7, 11) is 0. The van der Waals surface area contributed by atoms with Crippen molar-refractivity contribution in [2.45, 2.75) is 0 Å². The number of carbonyl (C=O) groups excluding carboxylic acids is 1. The summed E-state index contributed by atoms with van der Waals surface area (Å²) in [5.74, 6) is 1.13. The van der Waals surface area contributed by atoms with Crippen molar-refractivity contribution in [1.82, 2.24) is 9.97 Å². The zero-order valence-corrected chi connectivity index (χ0v) is 13.8. The zero-order valence-electron chi connectivity index (χ0n) is 13.8. The number of nitrogens with one attached hydrogen (secondary N) is 1. The zero-order chi connectivity index (χ0) is 17.8. The second kappa shape index (κ2) is 7.03. The summed E-state index contributed by atoms with van der Waals surface area (Å²) in [6, 6.07) is 22.0. The molecule has 2 heterocycles. The number of rotatable bonds is 4. The first-order valence-corrected chi connectivity index (χ1v) is 8.13. The smallest absolute Gasteiger partial charge is 0.274 e. The fourth-order valence-corrected chi connectivity index (χ4v) is 2.54. The van der Waals surface area contributed by atoms with Gasteiger partial charge in [0.25, 0.3) is 5.91 Å². The molecule has 0 atom stereocenters. The highest BCUT2D eigenvalue weighted by molar-refractivity contribution is 6.04. The number of fused-ring (bicyclic) bond motifs is 1. The topological polar surface area (TPSA) is 64.1 Å². The van der Waals surface area contributed by atoms with Crippen LogP contribution in [-0.2, 0) is 0 Å². The molecule has 0 aliphatic rings. The predicted molar refractivity (Wildman–Crippen MR) is 100 cm³/mol. The Morgan fingerprint density at radius 2 is 1.54 bits per heavy atom. The molecule has 1 N–H and O–H groups in total. The first-order valence-electron chi connectivity index (χ1n) is 8.13. The second-order valence-electron chi connectivity index (χ2n) is 5.65. The summed E-state index contributed by atoms with van der Waals surface area (Å²) in [4.78, 5) is 20.8. The largest absolute Gasteiger partial charge is 0.457 e. The van der Waals surface area contributed by atoms with E-state index in [1.807, 2.05) is 30.3 Å². The van der Waals surface area contributed by atoms with Crippen LogP contribution in [0.3, 0.4) is 0 Å². The Kier molecular flexibility index (Phi) is 4.26. The van der Waals surface area contributed by atoms with Crippen molar-refractivity contribution in [2.24, 2.45) is 0 Å². The molecule has 0 aliphatic heterocycles. The Morgan fingerprint density at radius 3 is 2.35 bits per heavy atom. The molecule has 2 aromatic heterocycles. The molecule has 0 radical (unpaired) electrons. The van der Waals surface area contributed by atoms with Gasteiger partial charge < -0.3 is 10.1 Å². The van der Waals surface area contributed by atoms with Gasteiger partial charge in [0, 0.05) is 23.5 Å². The SMILES string of the molecule is O=C(Nc1ccc(Oc2ccncc2)cc1)c1ccc2ccccc2n1. The van der Waals surface area contributed by atoms with E-state index in [1.165, 1.54) is 0 Å². The van der Waals surface area contributed by atoms with E-state index in [9.17, 15) is 4.79 Å². The number of benzene rings is 2. The van der Waals surface area contributed by atoms with Crippen molar-refractivity contribution in [3.05, 3.63) is 90.9 Å². The maximum absolute atomic E-state index is 12.4. The van der Waals surface area contributed by atoms with Crippen LogP contribution in [0.4, 0.5) is 5.69 Å². The molecule has 0 bridgehead atoms.